The number of hydrogen-bond acceptors (Lipinski definition) is 4. The number of aromatic amines is 1. The number of Topliss-reactive ketones (excluding diaryl/α,β-unsaturated/α-hetero) is 1. The third-order valence-electron chi connectivity index (χ3n) is 4.19. The van der Waals surface area contributed by atoms with Crippen LogP contribution in [-0.2, 0) is 10.5 Å². The fraction of sp³-hybridized carbons (Fsp3) is 0.368. The number of aromatic nitrogens is 1. The quantitative estimate of drug-likeness (QED) is 0.629. The van der Waals surface area contributed by atoms with E-state index < -0.39 is 5.97 Å². The average molecular weight is 345 g/mol. The van der Waals surface area contributed by atoms with Crippen LogP contribution in [0.2, 0.25) is 0 Å². The van der Waals surface area contributed by atoms with Crippen LogP contribution in [0.4, 0.5) is 0 Å². The lowest BCUT2D eigenvalue weighted by Gasteiger charge is -2.11. The summed E-state index contributed by atoms with van der Waals surface area (Å²) < 4.78 is 4.79. The minimum atomic E-state index is -0.416. The van der Waals surface area contributed by atoms with Crippen LogP contribution in [0.15, 0.2) is 24.3 Å². The highest BCUT2D eigenvalue weighted by atomic mass is 32.2. The number of carbonyl (C=O) groups excluding carboxylic acids is 2. The van der Waals surface area contributed by atoms with Gasteiger partial charge in [0.15, 0.2) is 5.78 Å². The molecule has 0 aliphatic carbocycles. The first kappa shape index (κ1) is 18.3. The van der Waals surface area contributed by atoms with Crippen LogP contribution in [0.5, 0.6) is 0 Å². The Bertz CT molecular complexity index is 764. The predicted octanol–water partition coefficient (Wildman–Crippen LogP) is 4.23. The Morgan fingerprint density at radius 1 is 1.21 bits per heavy atom. The van der Waals surface area contributed by atoms with Crippen molar-refractivity contribution in [2.24, 2.45) is 0 Å². The number of ether oxygens (including phenoxy) is 1. The molecule has 2 aromatic rings. The van der Waals surface area contributed by atoms with Crippen molar-refractivity contribution in [3.63, 3.8) is 0 Å². The fourth-order valence-electron chi connectivity index (χ4n) is 2.67. The molecule has 128 valence electrons. The Balaban J connectivity index is 2.14. The molecule has 5 heteroatoms. The molecule has 2 rings (SSSR count). The van der Waals surface area contributed by atoms with Gasteiger partial charge in [-0.2, -0.15) is 0 Å². The number of methoxy groups -OCH3 is 1. The zero-order valence-electron chi connectivity index (χ0n) is 14.7. The number of rotatable bonds is 6. The maximum atomic E-state index is 12.7. The van der Waals surface area contributed by atoms with Gasteiger partial charge in [0.2, 0.25) is 0 Å². The summed E-state index contributed by atoms with van der Waals surface area (Å²) in [4.78, 5) is 27.6. The van der Waals surface area contributed by atoms with E-state index in [1.165, 1.54) is 18.2 Å². The molecular formula is C19H23NO3S. The third kappa shape index (κ3) is 3.73. The number of esters is 1. The summed E-state index contributed by atoms with van der Waals surface area (Å²) in [5, 5.41) is -0.202. The lowest BCUT2D eigenvalue weighted by atomic mass is 10.1. The number of H-pyrrole nitrogens is 1. The van der Waals surface area contributed by atoms with E-state index in [2.05, 4.69) is 24.0 Å². The minimum Gasteiger partial charge on any atom is -0.465 e. The number of hydrogen-bond donors (Lipinski definition) is 1. The summed E-state index contributed by atoms with van der Waals surface area (Å²) in [6.07, 6.45) is 0. The summed E-state index contributed by atoms with van der Waals surface area (Å²) in [6.45, 7) is 7.53. The summed E-state index contributed by atoms with van der Waals surface area (Å²) in [7, 11) is 1.34. The third-order valence-corrected chi connectivity index (χ3v) is 5.38. The lowest BCUT2D eigenvalue weighted by Crippen LogP contribution is -2.16. The van der Waals surface area contributed by atoms with Gasteiger partial charge < -0.3 is 9.72 Å². The van der Waals surface area contributed by atoms with Crippen molar-refractivity contribution in [3.05, 3.63) is 57.9 Å². The second-order valence-corrected chi connectivity index (χ2v) is 7.19. The molecule has 0 aliphatic rings. The molecule has 1 atom stereocenters. The first-order valence-corrected chi connectivity index (χ1v) is 8.89. The Hall–Kier alpha value is -2.01. The van der Waals surface area contributed by atoms with Crippen LogP contribution >= 0.6 is 11.8 Å². The summed E-state index contributed by atoms with van der Waals surface area (Å²) >= 11 is 1.60. The molecule has 0 bridgehead atoms. The Labute approximate surface area is 147 Å². The Morgan fingerprint density at radius 2 is 1.88 bits per heavy atom. The van der Waals surface area contributed by atoms with E-state index in [1.807, 2.05) is 19.1 Å². The zero-order valence-corrected chi connectivity index (χ0v) is 15.5. The maximum absolute atomic E-state index is 12.7. The fourth-order valence-corrected chi connectivity index (χ4v) is 3.69. The number of carbonyl (C=O) groups is 2. The van der Waals surface area contributed by atoms with Gasteiger partial charge >= 0.3 is 5.97 Å². The molecule has 0 radical (unpaired) electrons. The van der Waals surface area contributed by atoms with Gasteiger partial charge in [-0.05, 0) is 44.4 Å². The van der Waals surface area contributed by atoms with E-state index in [4.69, 9.17) is 4.74 Å². The molecule has 1 heterocycles. The van der Waals surface area contributed by atoms with Crippen LogP contribution in [0, 0.1) is 20.8 Å². The van der Waals surface area contributed by atoms with Gasteiger partial charge in [0.1, 0.15) is 0 Å². The molecule has 4 nitrogen and oxygen atoms in total. The molecule has 0 saturated heterocycles. The standard InChI is InChI=1S/C19H23NO3S/c1-11-8-6-7-9-15(11)10-24-14(4)18(21)17-12(2)16(13(3)20-17)19(22)23-5/h6-9,14,20H,10H2,1-5H3. The van der Waals surface area contributed by atoms with Gasteiger partial charge in [0.25, 0.3) is 0 Å². The first-order valence-electron chi connectivity index (χ1n) is 7.84. The highest BCUT2D eigenvalue weighted by Gasteiger charge is 2.25. The minimum absolute atomic E-state index is 0.00402. The average Bonchev–Trinajstić information content (AvgIpc) is 2.87. The van der Waals surface area contributed by atoms with Crippen LogP contribution < -0.4 is 0 Å². The van der Waals surface area contributed by atoms with Gasteiger partial charge in [-0.1, -0.05) is 24.3 Å². The molecule has 0 saturated carbocycles. The van der Waals surface area contributed by atoms with Crippen molar-refractivity contribution in [1.82, 2.24) is 4.98 Å². The van der Waals surface area contributed by atoms with Crippen LogP contribution in [-0.4, -0.2) is 29.1 Å². The van der Waals surface area contributed by atoms with Crippen molar-refractivity contribution in [1.29, 1.82) is 0 Å². The van der Waals surface area contributed by atoms with E-state index in [0.717, 1.165) is 5.75 Å². The highest BCUT2D eigenvalue weighted by Crippen LogP contribution is 2.26. The van der Waals surface area contributed by atoms with Crippen molar-refractivity contribution >= 4 is 23.5 Å². The number of ketones is 1. The first-order chi connectivity index (χ1) is 11.4. The number of aryl methyl sites for hydroxylation is 2. The van der Waals surface area contributed by atoms with E-state index in [0.29, 0.717) is 22.5 Å². The summed E-state index contributed by atoms with van der Waals surface area (Å²) in [6, 6.07) is 8.18. The maximum Gasteiger partial charge on any atom is 0.339 e. The molecule has 0 spiro atoms. The Kier molecular flexibility index (Phi) is 5.89. The van der Waals surface area contributed by atoms with E-state index in [1.54, 1.807) is 25.6 Å². The largest absolute Gasteiger partial charge is 0.465 e. The van der Waals surface area contributed by atoms with Crippen molar-refractivity contribution in [2.75, 3.05) is 7.11 Å². The summed E-state index contributed by atoms with van der Waals surface area (Å²) in [5.41, 5.74) is 4.74. The van der Waals surface area contributed by atoms with E-state index in [-0.39, 0.29) is 11.0 Å². The van der Waals surface area contributed by atoms with E-state index >= 15 is 0 Å². The van der Waals surface area contributed by atoms with Gasteiger partial charge in [0.05, 0.1) is 23.6 Å². The van der Waals surface area contributed by atoms with Crippen LogP contribution in [0.3, 0.4) is 0 Å². The SMILES string of the molecule is COC(=O)c1c(C)[nH]c(C(=O)C(C)SCc2ccccc2C)c1C. The zero-order chi connectivity index (χ0) is 17.9. The number of nitrogens with one attached hydrogen (secondary N) is 1. The smallest absolute Gasteiger partial charge is 0.339 e. The van der Waals surface area contributed by atoms with Gasteiger partial charge in [-0.3, -0.25) is 4.79 Å². The number of benzene rings is 1. The molecule has 0 aliphatic heterocycles. The Morgan fingerprint density at radius 3 is 2.50 bits per heavy atom. The molecular weight excluding hydrogens is 322 g/mol. The molecule has 0 amide bonds. The van der Waals surface area contributed by atoms with Crippen molar-refractivity contribution in [2.45, 2.75) is 38.7 Å². The molecule has 0 fully saturated rings. The highest BCUT2D eigenvalue weighted by molar-refractivity contribution is 7.99. The molecule has 24 heavy (non-hydrogen) atoms. The van der Waals surface area contributed by atoms with Gasteiger partial charge in [-0.15, -0.1) is 11.8 Å². The second kappa shape index (κ2) is 7.71. The van der Waals surface area contributed by atoms with Gasteiger partial charge in [-0.25, -0.2) is 4.79 Å². The molecule has 1 N–H and O–H groups in total. The predicted molar refractivity (Wildman–Crippen MR) is 97.9 cm³/mol. The molecule has 1 unspecified atom stereocenters. The summed E-state index contributed by atoms with van der Waals surface area (Å²) in [5.74, 6) is 0.368. The normalized spacial score (nSPS) is 12.0. The van der Waals surface area contributed by atoms with Crippen LogP contribution in [0.1, 0.15) is 50.2 Å². The van der Waals surface area contributed by atoms with Crippen LogP contribution in [0.25, 0.3) is 0 Å². The van der Waals surface area contributed by atoms with E-state index in [9.17, 15) is 9.59 Å². The lowest BCUT2D eigenvalue weighted by molar-refractivity contribution is 0.0599. The molecule has 1 aromatic carbocycles. The van der Waals surface area contributed by atoms with Crippen molar-refractivity contribution in [3.8, 4) is 0 Å². The molecule has 1 aromatic heterocycles. The number of thioether (sulfide) groups is 1. The van der Waals surface area contributed by atoms with Crippen molar-refractivity contribution < 1.29 is 14.3 Å². The topological polar surface area (TPSA) is 59.2 Å². The second-order valence-electron chi connectivity index (χ2n) is 5.86. The monoisotopic (exact) mass is 345 g/mol. The van der Waals surface area contributed by atoms with Gasteiger partial charge in [0, 0.05) is 11.4 Å².